The lowest BCUT2D eigenvalue weighted by atomic mass is 9.99. The first-order valence-corrected chi connectivity index (χ1v) is 11.5. The van der Waals surface area contributed by atoms with Gasteiger partial charge in [0.05, 0.1) is 19.6 Å². The maximum atomic E-state index is 13.5. The second-order valence-corrected chi connectivity index (χ2v) is 8.34. The summed E-state index contributed by atoms with van der Waals surface area (Å²) in [6.07, 6.45) is 0.720. The third-order valence-corrected chi connectivity index (χ3v) is 6.29. The van der Waals surface area contributed by atoms with Crippen LogP contribution in [0.3, 0.4) is 0 Å². The van der Waals surface area contributed by atoms with E-state index in [-0.39, 0.29) is 11.1 Å². The van der Waals surface area contributed by atoms with Crippen LogP contribution in [0.5, 0.6) is 11.5 Å². The lowest BCUT2D eigenvalue weighted by molar-refractivity contribution is -0.896. The molecule has 1 amide bonds. The van der Waals surface area contributed by atoms with Gasteiger partial charge in [0.15, 0.2) is 11.5 Å². The van der Waals surface area contributed by atoms with E-state index in [1.54, 1.807) is 37.3 Å². The normalized spacial score (nSPS) is 19.5. The van der Waals surface area contributed by atoms with Crippen molar-refractivity contribution in [3.63, 3.8) is 0 Å². The number of carbonyl (C=O) groups excluding carboxylic acids is 2. The third-order valence-electron chi connectivity index (χ3n) is 6.29. The van der Waals surface area contributed by atoms with E-state index < -0.39 is 23.5 Å². The second-order valence-electron chi connectivity index (χ2n) is 8.34. The van der Waals surface area contributed by atoms with Gasteiger partial charge in [0.2, 0.25) is 5.78 Å². The number of fused-ring (bicyclic) bond motifs is 1. The fourth-order valence-electron chi connectivity index (χ4n) is 4.44. The molecule has 1 unspecified atom stereocenters. The summed E-state index contributed by atoms with van der Waals surface area (Å²) in [6, 6.07) is 7.47. The van der Waals surface area contributed by atoms with Crippen LogP contribution < -0.4 is 19.5 Å². The van der Waals surface area contributed by atoms with Gasteiger partial charge in [0, 0.05) is 18.5 Å². The van der Waals surface area contributed by atoms with E-state index >= 15 is 0 Å². The SMILES string of the molecule is CC[NH+](CC)CCCN1C(=O)C(=O)C(=C([O-])c2ccc3c(c2)OCCO3)C1c1ccc(C)o1. The van der Waals surface area contributed by atoms with Gasteiger partial charge in [0.1, 0.15) is 30.8 Å². The minimum Gasteiger partial charge on any atom is -0.872 e. The molecule has 2 aliphatic rings. The molecule has 0 radical (unpaired) electrons. The first-order valence-electron chi connectivity index (χ1n) is 11.5. The number of ketones is 1. The number of hydrogen-bond acceptors (Lipinski definition) is 6. The van der Waals surface area contributed by atoms with Crippen LogP contribution in [0.4, 0.5) is 0 Å². The van der Waals surface area contributed by atoms with Gasteiger partial charge in [-0.15, -0.1) is 0 Å². The van der Waals surface area contributed by atoms with Gasteiger partial charge in [-0.1, -0.05) is 11.8 Å². The Morgan fingerprint density at radius 1 is 1.09 bits per heavy atom. The highest BCUT2D eigenvalue weighted by Gasteiger charge is 2.45. The van der Waals surface area contributed by atoms with Crippen molar-refractivity contribution in [2.24, 2.45) is 0 Å². The number of carbonyl (C=O) groups is 2. The van der Waals surface area contributed by atoms with Gasteiger partial charge in [0.25, 0.3) is 5.91 Å². The molecule has 33 heavy (non-hydrogen) atoms. The molecule has 3 heterocycles. The van der Waals surface area contributed by atoms with Crippen LogP contribution in [0, 0.1) is 6.92 Å². The van der Waals surface area contributed by atoms with Gasteiger partial charge < -0.3 is 28.8 Å². The number of nitrogens with one attached hydrogen (secondary N) is 1. The predicted octanol–water partition coefficient (Wildman–Crippen LogP) is 0.898. The van der Waals surface area contributed by atoms with Crippen molar-refractivity contribution in [3.8, 4) is 11.5 Å². The summed E-state index contributed by atoms with van der Waals surface area (Å²) in [5, 5.41) is 13.5. The summed E-state index contributed by atoms with van der Waals surface area (Å²) < 4.78 is 16.9. The van der Waals surface area contributed by atoms with E-state index in [4.69, 9.17) is 13.9 Å². The Morgan fingerprint density at radius 2 is 1.82 bits per heavy atom. The largest absolute Gasteiger partial charge is 0.872 e. The lowest BCUT2D eigenvalue weighted by Crippen LogP contribution is -3.11. The summed E-state index contributed by atoms with van der Waals surface area (Å²) in [4.78, 5) is 29.0. The highest BCUT2D eigenvalue weighted by atomic mass is 16.6. The molecule has 1 N–H and O–H groups in total. The van der Waals surface area contributed by atoms with Crippen LogP contribution in [0.15, 0.2) is 40.3 Å². The molecule has 1 aromatic carbocycles. The molecule has 8 nitrogen and oxygen atoms in total. The number of Topliss-reactive ketones (excluding diaryl/α,β-unsaturated/α-hetero) is 1. The summed E-state index contributed by atoms with van der Waals surface area (Å²) in [5.74, 6) is 0.136. The molecule has 1 fully saturated rings. The van der Waals surface area contributed by atoms with Crippen molar-refractivity contribution < 1.29 is 33.5 Å². The summed E-state index contributed by atoms with van der Waals surface area (Å²) in [6.45, 7) is 10.1. The zero-order chi connectivity index (χ0) is 23.5. The molecular formula is C25H30N2O6. The molecular weight excluding hydrogens is 424 g/mol. The number of rotatable bonds is 8. The van der Waals surface area contributed by atoms with Crippen LogP contribution in [-0.2, 0) is 9.59 Å². The van der Waals surface area contributed by atoms with E-state index in [9.17, 15) is 14.7 Å². The molecule has 1 saturated heterocycles. The number of furan rings is 1. The Hall–Kier alpha value is -3.26. The zero-order valence-electron chi connectivity index (χ0n) is 19.3. The minimum absolute atomic E-state index is 0.0822. The highest BCUT2D eigenvalue weighted by Crippen LogP contribution is 2.40. The van der Waals surface area contributed by atoms with Gasteiger partial charge in [-0.05, 0) is 50.6 Å². The highest BCUT2D eigenvalue weighted by molar-refractivity contribution is 6.46. The van der Waals surface area contributed by atoms with Crippen LogP contribution >= 0.6 is 0 Å². The number of likely N-dealkylation sites (tertiary alicyclic amines) is 1. The number of aryl methyl sites for hydroxylation is 1. The molecule has 1 atom stereocenters. The van der Waals surface area contributed by atoms with Crippen LogP contribution in [0.1, 0.15) is 43.4 Å². The Bertz CT molecular complexity index is 1070. The van der Waals surface area contributed by atoms with Crippen molar-refractivity contribution in [2.75, 3.05) is 39.4 Å². The minimum atomic E-state index is -0.842. The van der Waals surface area contributed by atoms with E-state index in [0.29, 0.717) is 42.8 Å². The van der Waals surface area contributed by atoms with Crippen LogP contribution in [0.2, 0.25) is 0 Å². The molecule has 0 spiro atoms. The monoisotopic (exact) mass is 454 g/mol. The van der Waals surface area contributed by atoms with E-state index in [2.05, 4.69) is 13.8 Å². The number of hydrogen-bond donors (Lipinski definition) is 1. The number of nitrogens with zero attached hydrogens (tertiary/aromatic N) is 1. The van der Waals surface area contributed by atoms with E-state index in [0.717, 1.165) is 26.1 Å². The standard InChI is InChI=1S/C25H30N2O6/c1-4-26(5-2)11-6-12-27-22(19-9-7-16(3)33-19)21(24(29)25(27)30)23(28)17-8-10-18-20(15-17)32-14-13-31-18/h7-10,15,22,28H,4-6,11-14H2,1-3H3. The van der Waals surface area contributed by atoms with E-state index in [1.165, 1.54) is 9.80 Å². The molecule has 2 aromatic rings. The Morgan fingerprint density at radius 3 is 2.48 bits per heavy atom. The smallest absolute Gasteiger partial charge is 0.295 e. The topological polar surface area (TPSA) is 96.5 Å². The summed E-state index contributed by atoms with van der Waals surface area (Å²) in [7, 11) is 0. The fraction of sp³-hybridized carbons (Fsp3) is 0.440. The van der Waals surface area contributed by atoms with Gasteiger partial charge in [-0.25, -0.2) is 0 Å². The van der Waals surface area contributed by atoms with Crippen molar-refractivity contribution in [1.82, 2.24) is 4.90 Å². The molecule has 0 saturated carbocycles. The number of quaternary nitrogens is 1. The van der Waals surface area contributed by atoms with Crippen molar-refractivity contribution in [2.45, 2.75) is 33.2 Å². The maximum absolute atomic E-state index is 13.5. The first kappa shape index (κ1) is 22.9. The van der Waals surface area contributed by atoms with Gasteiger partial charge in [-0.2, -0.15) is 0 Å². The predicted molar refractivity (Wildman–Crippen MR) is 119 cm³/mol. The number of benzene rings is 1. The van der Waals surface area contributed by atoms with Gasteiger partial charge in [-0.3, -0.25) is 9.59 Å². The van der Waals surface area contributed by atoms with Crippen molar-refractivity contribution in [3.05, 3.63) is 53.0 Å². The molecule has 176 valence electrons. The Kier molecular flexibility index (Phi) is 6.74. The lowest BCUT2D eigenvalue weighted by Gasteiger charge is -2.27. The van der Waals surface area contributed by atoms with Crippen LogP contribution in [-0.4, -0.2) is 56.0 Å². The maximum Gasteiger partial charge on any atom is 0.295 e. The van der Waals surface area contributed by atoms with Gasteiger partial charge >= 0.3 is 0 Å². The molecule has 1 aromatic heterocycles. The zero-order valence-corrected chi connectivity index (χ0v) is 19.3. The van der Waals surface area contributed by atoms with Crippen molar-refractivity contribution in [1.29, 1.82) is 0 Å². The number of amides is 1. The second kappa shape index (κ2) is 9.70. The quantitative estimate of drug-likeness (QED) is 0.362. The van der Waals surface area contributed by atoms with Crippen LogP contribution in [0.25, 0.3) is 5.76 Å². The first-order chi connectivity index (χ1) is 15.9. The van der Waals surface area contributed by atoms with E-state index in [1.807, 2.05) is 0 Å². The Balaban J connectivity index is 1.71. The molecule has 2 aliphatic heterocycles. The molecule has 8 heteroatoms. The average Bonchev–Trinajstić information content (AvgIpc) is 3.37. The van der Waals surface area contributed by atoms with Crippen molar-refractivity contribution >= 4 is 17.4 Å². The molecule has 0 aliphatic carbocycles. The summed E-state index contributed by atoms with van der Waals surface area (Å²) >= 11 is 0. The molecule has 4 rings (SSSR count). The average molecular weight is 455 g/mol. The third kappa shape index (κ3) is 4.48. The number of ether oxygens (including phenoxy) is 2. The Labute approximate surface area is 193 Å². The molecule has 0 bridgehead atoms. The summed E-state index contributed by atoms with van der Waals surface area (Å²) in [5.41, 5.74) is 0.194. The fourth-order valence-corrected chi connectivity index (χ4v) is 4.44.